The van der Waals surface area contributed by atoms with Crippen LogP contribution in [0, 0.1) is 12.8 Å². The lowest BCUT2D eigenvalue weighted by atomic mass is 10.1. The number of carbonyl (C=O) groups excluding carboxylic acids is 1. The molecule has 0 aromatic heterocycles. The second kappa shape index (κ2) is 5.46. The van der Waals surface area contributed by atoms with E-state index in [1.165, 1.54) is 12.8 Å². The van der Waals surface area contributed by atoms with E-state index in [2.05, 4.69) is 11.9 Å². The van der Waals surface area contributed by atoms with Crippen molar-refractivity contribution in [1.29, 1.82) is 0 Å². The SMILES string of the molecule is Cc1cccc(C(=O)CCN(C)CC2CC2)c1. The third-order valence-corrected chi connectivity index (χ3v) is 3.33. The Hall–Kier alpha value is -1.15. The van der Waals surface area contributed by atoms with E-state index in [9.17, 15) is 4.79 Å². The summed E-state index contributed by atoms with van der Waals surface area (Å²) in [5.41, 5.74) is 2.01. The van der Waals surface area contributed by atoms with E-state index in [1.54, 1.807) is 0 Å². The van der Waals surface area contributed by atoms with Gasteiger partial charge in [-0.05, 0) is 38.8 Å². The van der Waals surface area contributed by atoms with Crippen LogP contribution in [0.4, 0.5) is 0 Å². The summed E-state index contributed by atoms with van der Waals surface area (Å²) in [6.07, 6.45) is 3.37. The predicted octanol–water partition coefficient (Wildman–Crippen LogP) is 2.91. The zero-order valence-electron chi connectivity index (χ0n) is 10.8. The van der Waals surface area contributed by atoms with Gasteiger partial charge in [0.15, 0.2) is 5.78 Å². The highest BCUT2D eigenvalue weighted by molar-refractivity contribution is 5.96. The fourth-order valence-electron chi connectivity index (χ4n) is 2.09. The lowest BCUT2D eigenvalue weighted by molar-refractivity contribution is 0.0968. The van der Waals surface area contributed by atoms with Crippen LogP contribution >= 0.6 is 0 Å². The summed E-state index contributed by atoms with van der Waals surface area (Å²) in [5, 5.41) is 0. The lowest BCUT2D eigenvalue weighted by Gasteiger charge is -2.15. The normalized spacial score (nSPS) is 15.2. The van der Waals surface area contributed by atoms with Gasteiger partial charge in [0.2, 0.25) is 0 Å². The Morgan fingerprint density at radius 1 is 1.41 bits per heavy atom. The van der Waals surface area contributed by atoms with E-state index in [0.717, 1.165) is 30.1 Å². The Labute approximate surface area is 104 Å². The van der Waals surface area contributed by atoms with Crippen LogP contribution in [-0.4, -0.2) is 30.8 Å². The third kappa shape index (κ3) is 3.97. The second-order valence-corrected chi connectivity index (χ2v) is 5.25. The number of carbonyl (C=O) groups is 1. The Morgan fingerprint density at radius 2 is 2.18 bits per heavy atom. The maximum Gasteiger partial charge on any atom is 0.164 e. The molecule has 0 aliphatic heterocycles. The molecule has 0 N–H and O–H groups in total. The molecule has 0 radical (unpaired) electrons. The monoisotopic (exact) mass is 231 g/mol. The first-order valence-corrected chi connectivity index (χ1v) is 6.43. The molecule has 0 spiro atoms. The molecule has 0 bridgehead atoms. The fourth-order valence-corrected chi connectivity index (χ4v) is 2.09. The molecule has 92 valence electrons. The summed E-state index contributed by atoms with van der Waals surface area (Å²) in [6.45, 7) is 4.06. The highest BCUT2D eigenvalue weighted by Crippen LogP contribution is 2.29. The first-order chi connectivity index (χ1) is 8.15. The van der Waals surface area contributed by atoms with Crippen LogP contribution in [0.1, 0.15) is 35.2 Å². The van der Waals surface area contributed by atoms with Crippen LogP contribution in [0.2, 0.25) is 0 Å². The number of ketones is 1. The van der Waals surface area contributed by atoms with Crippen molar-refractivity contribution in [1.82, 2.24) is 4.90 Å². The van der Waals surface area contributed by atoms with E-state index >= 15 is 0 Å². The first kappa shape index (κ1) is 12.3. The molecule has 0 unspecified atom stereocenters. The molecule has 1 aliphatic rings. The van der Waals surface area contributed by atoms with E-state index in [0.29, 0.717) is 6.42 Å². The average molecular weight is 231 g/mol. The number of nitrogens with zero attached hydrogens (tertiary/aromatic N) is 1. The van der Waals surface area contributed by atoms with Gasteiger partial charge in [0.25, 0.3) is 0 Å². The molecule has 0 saturated heterocycles. The van der Waals surface area contributed by atoms with Crippen LogP contribution in [-0.2, 0) is 0 Å². The molecular weight excluding hydrogens is 210 g/mol. The van der Waals surface area contributed by atoms with E-state index in [1.807, 2.05) is 31.2 Å². The lowest BCUT2D eigenvalue weighted by Crippen LogP contribution is -2.24. The van der Waals surface area contributed by atoms with Gasteiger partial charge in [-0.25, -0.2) is 0 Å². The molecule has 2 heteroatoms. The van der Waals surface area contributed by atoms with Gasteiger partial charge in [-0.3, -0.25) is 4.79 Å². The molecule has 1 aromatic carbocycles. The third-order valence-electron chi connectivity index (χ3n) is 3.33. The van der Waals surface area contributed by atoms with Crippen LogP contribution in [0.15, 0.2) is 24.3 Å². The molecule has 0 heterocycles. The number of hydrogen-bond donors (Lipinski definition) is 0. The minimum atomic E-state index is 0.261. The summed E-state index contributed by atoms with van der Waals surface area (Å²) in [4.78, 5) is 14.3. The number of aryl methyl sites for hydroxylation is 1. The van der Waals surface area contributed by atoms with Gasteiger partial charge in [0, 0.05) is 25.1 Å². The Bertz CT molecular complexity index is 396. The average Bonchev–Trinajstić information content (AvgIpc) is 3.10. The van der Waals surface area contributed by atoms with Crippen molar-refractivity contribution < 1.29 is 4.79 Å². The van der Waals surface area contributed by atoms with Gasteiger partial charge in [-0.15, -0.1) is 0 Å². The van der Waals surface area contributed by atoms with Crippen molar-refractivity contribution in [3.05, 3.63) is 35.4 Å². The number of Topliss-reactive ketones (excluding diaryl/α,β-unsaturated/α-hetero) is 1. The molecule has 1 aliphatic carbocycles. The molecule has 17 heavy (non-hydrogen) atoms. The van der Waals surface area contributed by atoms with E-state index in [4.69, 9.17) is 0 Å². The molecule has 1 aromatic rings. The van der Waals surface area contributed by atoms with Gasteiger partial charge in [-0.2, -0.15) is 0 Å². The Balaban J connectivity index is 1.79. The van der Waals surface area contributed by atoms with Crippen LogP contribution in [0.3, 0.4) is 0 Å². The Morgan fingerprint density at radius 3 is 2.82 bits per heavy atom. The van der Waals surface area contributed by atoms with Gasteiger partial charge < -0.3 is 4.90 Å². The number of benzene rings is 1. The summed E-state index contributed by atoms with van der Waals surface area (Å²) in [5.74, 6) is 1.16. The predicted molar refractivity (Wildman–Crippen MR) is 70.3 cm³/mol. The largest absolute Gasteiger partial charge is 0.306 e. The molecule has 0 amide bonds. The maximum atomic E-state index is 12.0. The van der Waals surface area contributed by atoms with Gasteiger partial charge in [0.1, 0.15) is 0 Å². The van der Waals surface area contributed by atoms with Crippen molar-refractivity contribution in [2.75, 3.05) is 20.1 Å². The van der Waals surface area contributed by atoms with Crippen molar-refractivity contribution in [3.8, 4) is 0 Å². The first-order valence-electron chi connectivity index (χ1n) is 6.43. The minimum Gasteiger partial charge on any atom is -0.306 e. The van der Waals surface area contributed by atoms with Crippen LogP contribution < -0.4 is 0 Å². The van der Waals surface area contributed by atoms with Gasteiger partial charge in [0.05, 0.1) is 0 Å². The van der Waals surface area contributed by atoms with Gasteiger partial charge in [-0.1, -0.05) is 23.8 Å². The van der Waals surface area contributed by atoms with Crippen LogP contribution in [0.5, 0.6) is 0 Å². The zero-order chi connectivity index (χ0) is 12.3. The summed E-state index contributed by atoms with van der Waals surface area (Å²) < 4.78 is 0. The highest BCUT2D eigenvalue weighted by atomic mass is 16.1. The molecule has 0 atom stereocenters. The van der Waals surface area contributed by atoms with Crippen molar-refractivity contribution in [3.63, 3.8) is 0 Å². The fraction of sp³-hybridized carbons (Fsp3) is 0.533. The highest BCUT2D eigenvalue weighted by Gasteiger charge is 2.22. The van der Waals surface area contributed by atoms with Crippen molar-refractivity contribution in [2.45, 2.75) is 26.2 Å². The van der Waals surface area contributed by atoms with Crippen LogP contribution in [0.25, 0.3) is 0 Å². The number of rotatable bonds is 6. The quantitative estimate of drug-likeness (QED) is 0.702. The molecule has 2 rings (SSSR count). The second-order valence-electron chi connectivity index (χ2n) is 5.25. The summed E-state index contributed by atoms with van der Waals surface area (Å²) >= 11 is 0. The molecule has 2 nitrogen and oxygen atoms in total. The van der Waals surface area contributed by atoms with Crippen molar-refractivity contribution >= 4 is 5.78 Å². The topological polar surface area (TPSA) is 20.3 Å². The maximum absolute atomic E-state index is 12.0. The molecule has 1 saturated carbocycles. The summed E-state index contributed by atoms with van der Waals surface area (Å²) in [7, 11) is 2.11. The standard InChI is InChI=1S/C15H21NO/c1-12-4-3-5-14(10-12)15(17)8-9-16(2)11-13-6-7-13/h3-5,10,13H,6-9,11H2,1-2H3. The van der Waals surface area contributed by atoms with Crippen molar-refractivity contribution in [2.24, 2.45) is 5.92 Å². The smallest absolute Gasteiger partial charge is 0.164 e. The molecular formula is C15H21NO. The molecule has 1 fully saturated rings. The van der Waals surface area contributed by atoms with E-state index < -0.39 is 0 Å². The minimum absolute atomic E-state index is 0.261. The van der Waals surface area contributed by atoms with E-state index in [-0.39, 0.29) is 5.78 Å². The van der Waals surface area contributed by atoms with Gasteiger partial charge >= 0.3 is 0 Å². The zero-order valence-corrected chi connectivity index (χ0v) is 10.8. The number of hydrogen-bond acceptors (Lipinski definition) is 2. The Kier molecular flexibility index (Phi) is 3.95. The summed E-state index contributed by atoms with van der Waals surface area (Å²) in [6, 6.07) is 7.87.